The van der Waals surface area contributed by atoms with E-state index >= 15 is 0 Å². The van der Waals surface area contributed by atoms with E-state index in [9.17, 15) is 10.1 Å². The summed E-state index contributed by atoms with van der Waals surface area (Å²) in [5.74, 6) is 0.0457. The molecule has 1 heterocycles. The lowest BCUT2D eigenvalue weighted by Crippen LogP contribution is -2.34. The van der Waals surface area contributed by atoms with Crippen LogP contribution in [0.25, 0.3) is 11.0 Å². The predicted octanol–water partition coefficient (Wildman–Crippen LogP) is 5.01. The molecule has 7 heteroatoms. The number of rotatable bonds is 13. The number of ether oxygens (including phenoxy) is 1. The van der Waals surface area contributed by atoms with Crippen molar-refractivity contribution in [3.8, 4) is 11.8 Å². The van der Waals surface area contributed by atoms with Crippen molar-refractivity contribution in [2.75, 3.05) is 31.6 Å². The number of para-hydroxylation sites is 2. The van der Waals surface area contributed by atoms with Crippen LogP contribution in [0.4, 0.5) is 5.82 Å². The highest BCUT2D eigenvalue weighted by Crippen LogP contribution is 2.28. The summed E-state index contributed by atoms with van der Waals surface area (Å²) in [7, 11) is 1.63. The number of hydrogen-bond acceptors (Lipinski definition) is 6. The standard InChI is InChI=1S/C28H35N5O2/c1-4-6-18-33(19-7-5-2)27-26(31-24-10-8-9-11-25(24)32-27)23(20-29)28(34)30-17-16-21-12-14-22(35-3)15-13-21/h8-15,23H,4-7,16-19H2,1-3H3,(H,30,34)/t23-/m1/s1. The number of carbonyl (C=O) groups excluding carboxylic acids is 1. The van der Waals surface area contributed by atoms with Gasteiger partial charge in [0, 0.05) is 19.6 Å². The van der Waals surface area contributed by atoms with Crippen LogP contribution in [0.15, 0.2) is 48.5 Å². The second-order valence-electron chi connectivity index (χ2n) is 8.57. The van der Waals surface area contributed by atoms with Crippen LogP contribution in [-0.4, -0.2) is 42.6 Å². The van der Waals surface area contributed by atoms with E-state index in [2.05, 4.69) is 30.1 Å². The Bertz CT molecular complexity index is 1130. The fraction of sp³-hybridized carbons (Fsp3) is 0.429. The van der Waals surface area contributed by atoms with E-state index in [1.807, 2.05) is 48.5 Å². The van der Waals surface area contributed by atoms with Gasteiger partial charge >= 0.3 is 0 Å². The Morgan fingerprint density at radius 1 is 1.03 bits per heavy atom. The van der Waals surface area contributed by atoms with Gasteiger partial charge in [0.1, 0.15) is 11.4 Å². The van der Waals surface area contributed by atoms with Gasteiger partial charge in [-0.2, -0.15) is 5.26 Å². The molecule has 35 heavy (non-hydrogen) atoms. The smallest absolute Gasteiger partial charge is 0.243 e. The van der Waals surface area contributed by atoms with Crippen molar-refractivity contribution in [3.63, 3.8) is 0 Å². The summed E-state index contributed by atoms with van der Waals surface area (Å²) >= 11 is 0. The highest BCUT2D eigenvalue weighted by molar-refractivity contribution is 5.88. The fourth-order valence-corrected chi connectivity index (χ4v) is 3.92. The zero-order chi connectivity index (χ0) is 25.0. The topological polar surface area (TPSA) is 91.1 Å². The van der Waals surface area contributed by atoms with E-state index in [0.717, 1.165) is 55.6 Å². The highest BCUT2D eigenvalue weighted by Gasteiger charge is 2.28. The van der Waals surface area contributed by atoms with Gasteiger partial charge in [0.15, 0.2) is 11.7 Å². The molecule has 3 aromatic rings. The predicted molar refractivity (Wildman–Crippen MR) is 140 cm³/mol. The quantitative estimate of drug-likeness (QED) is 0.375. The van der Waals surface area contributed by atoms with Gasteiger partial charge in [0.25, 0.3) is 0 Å². The second-order valence-corrected chi connectivity index (χ2v) is 8.57. The molecule has 7 nitrogen and oxygen atoms in total. The number of nitriles is 1. The van der Waals surface area contributed by atoms with Crippen molar-refractivity contribution in [3.05, 3.63) is 59.8 Å². The van der Waals surface area contributed by atoms with Crippen LogP contribution in [0, 0.1) is 11.3 Å². The first kappa shape index (κ1) is 26.0. The molecule has 1 aromatic heterocycles. The third-order valence-corrected chi connectivity index (χ3v) is 5.98. The van der Waals surface area contributed by atoms with Crippen molar-refractivity contribution in [2.45, 2.75) is 51.9 Å². The number of aromatic nitrogens is 2. The maximum absolute atomic E-state index is 13.2. The molecule has 0 fully saturated rings. The summed E-state index contributed by atoms with van der Waals surface area (Å²) in [6.07, 6.45) is 4.76. The molecule has 0 aliphatic rings. The molecule has 0 saturated carbocycles. The Hall–Kier alpha value is -3.66. The number of unbranched alkanes of at least 4 members (excludes halogenated alkanes) is 2. The largest absolute Gasteiger partial charge is 0.497 e. The van der Waals surface area contributed by atoms with Gasteiger partial charge < -0.3 is 15.0 Å². The van der Waals surface area contributed by atoms with Crippen LogP contribution in [-0.2, 0) is 11.2 Å². The molecule has 184 valence electrons. The maximum Gasteiger partial charge on any atom is 0.243 e. The molecule has 1 N–H and O–H groups in total. The lowest BCUT2D eigenvalue weighted by atomic mass is 10.0. The summed E-state index contributed by atoms with van der Waals surface area (Å²) in [5, 5.41) is 13.0. The van der Waals surface area contributed by atoms with Crippen LogP contribution in [0.2, 0.25) is 0 Å². The Morgan fingerprint density at radius 3 is 2.23 bits per heavy atom. The van der Waals surface area contributed by atoms with E-state index in [4.69, 9.17) is 14.7 Å². The molecule has 0 spiro atoms. The van der Waals surface area contributed by atoms with Crippen LogP contribution in [0.1, 0.15) is 56.7 Å². The van der Waals surface area contributed by atoms with Gasteiger partial charge in [0.05, 0.1) is 24.2 Å². The molecule has 0 aliphatic carbocycles. The first-order chi connectivity index (χ1) is 17.1. The molecule has 2 aromatic carbocycles. The Balaban J connectivity index is 1.86. The van der Waals surface area contributed by atoms with Crippen molar-refractivity contribution in [1.29, 1.82) is 5.26 Å². The molecule has 0 bridgehead atoms. The number of carbonyl (C=O) groups is 1. The minimum atomic E-state index is -1.04. The number of methoxy groups -OCH3 is 1. The number of anilines is 1. The number of fused-ring (bicyclic) bond motifs is 1. The van der Waals surface area contributed by atoms with E-state index in [1.54, 1.807) is 7.11 Å². The summed E-state index contributed by atoms with van der Waals surface area (Å²) in [4.78, 5) is 25.0. The van der Waals surface area contributed by atoms with E-state index in [0.29, 0.717) is 30.0 Å². The van der Waals surface area contributed by atoms with E-state index in [1.165, 1.54) is 0 Å². The SMILES string of the molecule is CCCCN(CCCC)c1nc2ccccc2nc1[C@@H](C#N)C(=O)NCCc1ccc(OC)cc1. The van der Waals surface area contributed by atoms with Gasteiger partial charge in [-0.3, -0.25) is 4.79 Å². The normalized spacial score (nSPS) is 11.6. The third kappa shape index (κ3) is 6.92. The third-order valence-electron chi connectivity index (χ3n) is 5.98. The first-order valence-electron chi connectivity index (χ1n) is 12.4. The van der Waals surface area contributed by atoms with Gasteiger partial charge in [-0.1, -0.05) is 51.0 Å². The number of amides is 1. The first-order valence-corrected chi connectivity index (χ1v) is 12.4. The van der Waals surface area contributed by atoms with Gasteiger partial charge in [-0.25, -0.2) is 9.97 Å². The lowest BCUT2D eigenvalue weighted by molar-refractivity contribution is -0.121. The van der Waals surface area contributed by atoms with Crippen LogP contribution in [0.5, 0.6) is 5.75 Å². The average molecular weight is 474 g/mol. The average Bonchev–Trinajstić information content (AvgIpc) is 2.89. The number of nitrogens with zero attached hydrogens (tertiary/aromatic N) is 4. The zero-order valence-electron chi connectivity index (χ0n) is 21.0. The van der Waals surface area contributed by atoms with Crippen LogP contribution >= 0.6 is 0 Å². The minimum Gasteiger partial charge on any atom is -0.497 e. The zero-order valence-corrected chi connectivity index (χ0v) is 21.0. The molecule has 0 unspecified atom stereocenters. The number of benzene rings is 2. The van der Waals surface area contributed by atoms with Gasteiger partial charge in [-0.15, -0.1) is 0 Å². The van der Waals surface area contributed by atoms with Crippen molar-refractivity contribution < 1.29 is 9.53 Å². The monoisotopic (exact) mass is 473 g/mol. The Labute approximate surface area is 208 Å². The lowest BCUT2D eigenvalue weighted by Gasteiger charge is -2.26. The molecule has 1 atom stereocenters. The summed E-state index contributed by atoms with van der Waals surface area (Å²) in [6.45, 7) is 6.36. The highest BCUT2D eigenvalue weighted by atomic mass is 16.5. The Kier molecular flexibility index (Phi) is 9.85. The van der Waals surface area contributed by atoms with Crippen LogP contribution in [0.3, 0.4) is 0 Å². The molecule has 1 amide bonds. The van der Waals surface area contributed by atoms with Crippen LogP contribution < -0.4 is 15.0 Å². The summed E-state index contributed by atoms with van der Waals surface area (Å²) in [6, 6.07) is 17.5. The Morgan fingerprint density at radius 2 is 1.66 bits per heavy atom. The summed E-state index contributed by atoms with van der Waals surface area (Å²) < 4.78 is 5.19. The second kappa shape index (κ2) is 13.3. The molecule has 0 saturated heterocycles. The van der Waals surface area contributed by atoms with Gasteiger partial charge in [0.2, 0.25) is 5.91 Å². The fourth-order valence-electron chi connectivity index (χ4n) is 3.92. The summed E-state index contributed by atoms with van der Waals surface area (Å²) in [5.41, 5.74) is 2.96. The molecule has 0 aliphatic heterocycles. The van der Waals surface area contributed by atoms with Crippen molar-refractivity contribution in [2.24, 2.45) is 0 Å². The molecular weight excluding hydrogens is 438 g/mol. The maximum atomic E-state index is 13.2. The van der Waals surface area contributed by atoms with Crippen molar-refractivity contribution in [1.82, 2.24) is 15.3 Å². The molecule has 3 rings (SSSR count). The van der Waals surface area contributed by atoms with E-state index < -0.39 is 5.92 Å². The number of nitrogens with one attached hydrogen (secondary N) is 1. The molecule has 0 radical (unpaired) electrons. The minimum absolute atomic E-state index is 0.349. The number of hydrogen-bond donors (Lipinski definition) is 1. The molecular formula is C28H35N5O2. The van der Waals surface area contributed by atoms with Gasteiger partial charge in [-0.05, 0) is 49.1 Å². The van der Waals surface area contributed by atoms with E-state index in [-0.39, 0.29) is 5.91 Å². The van der Waals surface area contributed by atoms with Crippen molar-refractivity contribution >= 4 is 22.8 Å².